The Balaban J connectivity index is 1.99. The number of likely N-dealkylation sites (tertiary alicyclic amines) is 1. The molecule has 1 saturated heterocycles. The number of alkyl halides is 3. The molecular formula is C15H19F3N2O2S. The van der Waals surface area contributed by atoms with Crippen LogP contribution in [0.5, 0.6) is 0 Å². The molecule has 128 valence electrons. The summed E-state index contributed by atoms with van der Waals surface area (Å²) in [6.45, 7) is 2.44. The Morgan fingerprint density at radius 1 is 1.48 bits per heavy atom. The molecule has 0 aliphatic carbocycles. The van der Waals surface area contributed by atoms with E-state index in [2.05, 4.69) is 5.32 Å². The molecular weight excluding hydrogens is 329 g/mol. The zero-order valence-corrected chi connectivity index (χ0v) is 13.7. The van der Waals surface area contributed by atoms with E-state index >= 15 is 0 Å². The molecule has 1 aliphatic rings. The topological polar surface area (TPSA) is 49.4 Å². The molecule has 1 aliphatic heterocycles. The van der Waals surface area contributed by atoms with E-state index in [4.69, 9.17) is 0 Å². The van der Waals surface area contributed by atoms with Crippen LogP contribution < -0.4 is 5.32 Å². The standard InChI is InChI=1S/C15H19F3N2O2S/c1-9(2)13(11-4-3-5-23-11)19-14(22)10-6-12(21)20(7-10)8-15(16,17)18/h3-5,9-10,13H,6-8H2,1-2H3,(H,19,22)/t10-,13+/m1/s1. The third-order valence-electron chi connectivity index (χ3n) is 3.77. The molecule has 0 spiro atoms. The van der Waals surface area contributed by atoms with E-state index in [0.29, 0.717) is 4.90 Å². The zero-order chi connectivity index (χ0) is 17.2. The van der Waals surface area contributed by atoms with Gasteiger partial charge in [-0.05, 0) is 17.4 Å². The molecule has 1 N–H and O–H groups in total. The van der Waals surface area contributed by atoms with Crippen molar-refractivity contribution in [3.05, 3.63) is 22.4 Å². The minimum atomic E-state index is -4.45. The van der Waals surface area contributed by atoms with E-state index in [9.17, 15) is 22.8 Å². The molecule has 0 unspecified atom stereocenters. The smallest absolute Gasteiger partial charge is 0.348 e. The van der Waals surface area contributed by atoms with Gasteiger partial charge in [0.15, 0.2) is 0 Å². The van der Waals surface area contributed by atoms with Gasteiger partial charge in [0, 0.05) is 17.8 Å². The van der Waals surface area contributed by atoms with Crippen molar-refractivity contribution in [1.82, 2.24) is 10.2 Å². The second kappa shape index (κ2) is 6.90. The van der Waals surface area contributed by atoms with Crippen LogP contribution in [0.1, 0.15) is 31.2 Å². The van der Waals surface area contributed by atoms with E-state index in [1.165, 1.54) is 11.3 Å². The number of nitrogens with one attached hydrogen (secondary N) is 1. The molecule has 1 fully saturated rings. The van der Waals surface area contributed by atoms with Crippen LogP contribution in [-0.2, 0) is 9.59 Å². The van der Waals surface area contributed by atoms with Gasteiger partial charge in [-0.25, -0.2) is 0 Å². The van der Waals surface area contributed by atoms with Crippen molar-refractivity contribution in [1.29, 1.82) is 0 Å². The van der Waals surface area contributed by atoms with Gasteiger partial charge in [0.2, 0.25) is 11.8 Å². The van der Waals surface area contributed by atoms with Crippen molar-refractivity contribution in [2.24, 2.45) is 11.8 Å². The SMILES string of the molecule is CC(C)[C@H](NC(=O)[C@@H]1CC(=O)N(CC(F)(F)F)C1)c1cccs1. The Bertz CT molecular complexity index is 558. The lowest BCUT2D eigenvalue weighted by molar-refractivity contribution is -0.157. The van der Waals surface area contributed by atoms with Gasteiger partial charge in [-0.3, -0.25) is 9.59 Å². The first kappa shape index (κ1) is 17.8. The van der Waals surface area contributed by atoms with Crippen LogP contribution in [0, 0.1) is 11.8 Å². The van der Waals surface area contributed by atoms with Crippen LogP contribution in [0.25, 0.3) is 0 Å². The maximum absolute atomic E-state index is 12.4. The molecule has 8 heteroatoms. The van der Waals surface area contributed by atoms with Crippen LogP contribution in [0.4, 0.5) is 13.2 Å². The highest BCUT2D eigenvalue weighted by Crippen LogP contribution is 2.28. The Labute approximate surface area is 136 Å². The predicted octanol–water partition coefficient (Wildman–Crippen LogP) is 2.97. The number of hydrogen-bond acceptors (Lipinski definition) is 3. The molecule has 4 nitrogen and oxygen atoms in total. The maximum atomic E-state index is 12.4. The van der Waals surface area contributed by atoms with Crippen LogP contribution >= 0.6 is 11.3 Å². The highest BCUT2D eigenvalue weighted by molar-refractivity contribution is 7.10. The fourth-order valence-corrected chi connectivity index (χ4v) is 3.57. The van der Waals surface area contributed by atoms with Gasteiger partial charge >= 0.3 is 6.18 Å². The first-order chi connectivity index (χ1) is 10.7. The van der Waals surface area contributed by atoms with Gasteiger partial charge in [0.1, 0.15) is 6.54 Å². The summed E-state index contributed by atoms with van der Waals surface area (Å²) in [6.07, 6.45) is -4.62. The lowest BCUT2D eigenvalue weighted by atomic mass is 10.0. The first-order valence-corrected chi connectivity index (χ1v) is 8.23. The quantitative estimate of drug-likeness (QED) is 0.889. The Hall–Kier alpha value is -1.57. The van der Waals surface area contributed by atoms with Gasteiger partial charge in [-0.2, -0.15) is 13.2 Å². The Morgan fingerprint density at radius 3 is 2.70 bits per heavy atom. The summed E-state index contributed by atoms with van der Waals surface area (Å²) in [5.74, 6) is -1.58. The first-order valence-electron chi connectivity index (χ1n) is 7.35. The summed E-state index contributed by atoms with van der Waals surface area (Å²) < 4.78 is 37.3. The number of nitrogens with zero attached hydrogens (tertiary/aromatic N) is 1. The van der Waals surface area contributed by atoms with Crippen molar-refractivity contribution in [2.45, 2.75) is 32.5 Å². The van der Waals surface area contributed by atoms with Crippen molar-refractivity contribution in [3.8, 4) is 0 Å². The summed E-state index contributed by atoms with van der Waals surface area (Å²) in [7, 11) is 0. The molecule has 2 heterocycles. The summed E-state index contributed by atoms with van der Waals surface area (Å²) in [4.78, 5) is 25.7. The van der Waals surface area contributed by atoms with Gasteiger partial charge < -0.3 is 10.2 Å². The number of carbonyl (C=O) groups excluding carboxylic acids is 2. The average molecular weight is 348 g/mol. The molecule has 1 aromatic heterocycles. The fourth-order valence-electron chi connectivity index (χ4n) is 2.62. The second-order valence-corrected chi connectivity index (χ2v) is 7.02. The highest BCUT2D eigenvalue weighted by atomic mass is 32.1. The number of hydrogen-bond donors (Lipinski definition) is 1. The number of amides is 2. The van der Waals surface area contributed by atoms with Crippen molar-refractivity contribution < 1.29 is 22.8 Å². The monoisotopic (exact) mass is 348 g/mol. The minimum absolute atomic E-state index is 0.140. The molecule has 23 heavy (non-hydrogen) atoms. The molecule has 1 aromatic rings. The third kappa shape index (κ3) is 4.70. The lowest BCUT2D eigenvalue weighted by Crippen LogP contribution is -2.39. The number of thiophene rings is 1. The largest absolute Gasteiger partial charge is 0.406 e. The van der Waals surface area contributed by atoms with Gasteiger partial charge in [-0.15, -0.1) is 11.3 Å². The number of carbonyl (C=O) groups is 2. The fraction of sp³-hybridized carbons (Fsp3) is 0.600. The minimum Gasteiger partial charge on any atom is -0.348 e. The summed E-state index contributed by atoms with van der Waals surface area (Å²) >= 11 is 1.51. The zero-order valence-electron chi connectivity index (χ0n) is 12.9. The van der Waals surface area contributed by atoms with Crippen molar-refractivity contribution >= 4 is 23.2 Å². The average Bonchev–Trinajstić information content (AvgIpc) is 3.04. The van der Waals surface area contributed by atoms with E-state index in [1.807, 2.05) is 31.4 Å². The summed E-state index contributed by atoms with van der Waals surface area (Å²) in [5.41, 5.74) is 0. The van der Waals surface area contributed by atoms with E-state index < -0.39 is 24.5 Å². The van der Waals surface area contributed by atoms with Crippen LogP contribution in [-0.4, -0.2) is 36.0 Å². The molecule has 0 saturated carbocycles. The second-order valence-electron chi connectivity index (χ2n) is 6.04. The van der Waals surface area contributed by atoms with E-state index in [1.54, 1.807) is 0 Å². The highest BCUT2D eigenvalue weighted by Gasteiger charge is 2.41. The molecule has 0 bridgehead atoms. The maximum Gasteiger partial charge on any atom is 0.406 e. The molecule has 0 aromatic carbocycles. The van der Waals surface area contributed by atoms with Crippen molar-refractivity contribution in [2.75, 3.05) is 13.1 Å². The van der Waals surface area contributed by atoms with Gasteiger partial charge in [0.25, 0.3) is 0 Å². The summed E-state index contributed by atoms with van der Waals surface area (Å²) in [5, 5.41) is 4.78. The third-order valence-corrected chi connectivity index (χ3v) is 4.72. The molecule has 0 radical (unpaired) electrons. The molecule has 2 atom stereocenters. The predicted molar refractivity (Wildman–Crippen MR) is 80.8 cm³/mol. The van der Waals surface area contributed by atoms with Gasteiger partial charge in [-0.1, -0.05) is 19.9 Å². The molecule has 2 rings (SSSR count). The van der Waals surface area contributed by atoms with Crippen LogP contribution in [0.2, 0.25) is 0 Å². The van der Waals surface area contributed by atoms with Gasteiger partial charge in [0.05, 0.1) is 12.0 Å². The van der Waals surface area contributed by atoms with Crippen molar-refractivity contribution in [3.63, 3.8) is 0 Å². The van der Waals surface area contributed by atoms with E-state index in [-0.39, 0.29) is 30.8 Å². The Morgan fingerprint density at radius 2 is 2.17 bits per heavy atom. The van der Waals surface area contributed by atoms with Crippen LogP contribution in [0.15, 0.2) is 17.5 Å². The lowest BCUT2D eigenvalue weighted by Gasteiger charge is -2.23. The number of halogens is 3. The Kier molecular flexibility index (Phi) is 5.33. The van der Waals surface area contributed by atoms with Crippen LogP contribution in [0.3, 0.4) is 0 Å². The normalized spacial score (nSPS) is 20.2. The number of rotatable bonds is 5. The summed E-state index contributed by atoms with van der Waals surface area (Å²) in [6, 6.07) is 3.59. The van der Waals surface area contributed by atoms with E-state index in [0.717, 1.165) is 4.88 Å². The molecule has 2 amide bonds.